The molecule has 0 amide bonds. The Morgan fingerprint density at radius 1 is 1.20 bits per heavy atom. The fraction of sp³-hybridized carbons (Fsp3) is 0.188. The Morgan fingerprint density at radius 3 is 2.65 bits per heavy atom. The first-order valence-electron chi connectivity index (χ1n) is 6.61. The number of pyridine rings is 1. The molecule has 102 valence electrons. The van der Waals surface area contributed by atoms with Crippen LogP contribution in [0, 0.1) is 5.82 Å². The van der Waals surface area contributed by atoms with Crippen molar-refractivity contribution in [2.24, 2.45) is 0 Å². The van der Waals surface area contributed by atoms with E-state index in [4.69, 9.17) is 0 Å². The number of aliphatic hydroxyl groups is 1. The van der Waals surface area contributed by atoms with E-state index in [1.54, 1.807) is 10.5 Å². The number of imidazole rings is 1. The molecule has 0 aliphatic heterocycles. The molecule has 1 unspecified atom stereocenters. The summed E-state index contributed by atoms with van der Waals surface area (Å²) < 4.78 is 15.1. The lowest BCUT2D eigenvalue weighted by atomic mass is 10.1. The molecule has 2 aromatic heterocycles. The van der Waals surface area contributed by atoms with Crippen molar-refractivity contribution >= 4 is 5.65 Å². The van der Waals surface area contributed by atoms with Gasteiger partial charge in [-0.1, -0.05) is 37.3 Å². The van der Waals surface area contributed by atoms with Gasteiger partial charge in [-0.25, -0.2) is 9.37 Å². The van der Waals surface area contributed by atoms with Crippen LogP contribution in [0.1, 0.15) is 25.1 Å². The summed E-state index contributed by atoms with van der Waals surface area (Å²) in [6.45, 7) is 1.89. The molecule has 0 saturated carbocycles. The molecule has 0 aliphatic rings. The fourth-order valence-corrected chi connectivity index (χ4v) is 2.36. The predicted octanol–water partition coefficient (Wildman–Crippen LogP) is 3.58. The SMILES string of the molecule is CCC(O)c1c(-c2ccccc2)nc2ccc(F)cn12. The van der Waals surface area contributed by atoms with Crippen LogP contribution in [0.4, 0.5) is 4.39 Å². The Balaban J connectivity index is 2.31. The van der Waals surface area contributed by atoms with Crippen LogP contribution in [0.3, 0.4) is 0 Å². The van der Waals surface area contributed by atoms with E-state index < -0.39 is 6.10 Å². The van der Waals surface area contributed by atoms with Gasteiger partial charge in [0.1, 0.15) is 11.5 Å². The third-order valence-corrected chi connectivity index (χ3v) is 3.37. The van der Waals surface area contributed by atoms with Gasteiger partial charge >= 0.3 is 0 Å². The van der Waals surface area contributed by atoms with E-state index in [1.807, 2.05) is 37.3 Å². The highest BCUT2D eigenvalue weighted by Gasteiger charge is 2.19. The Morgan fingerprint density at radius 2 is 1.95 bits per heavy atom. The Labute approximate surface area is 116 Å². The van der Waals surface area contributed by atoms with Gasteiger partial charge in [0.25, 0.3) is 0 Å². The normalized spacial score (nSPS) is 12.8. The number of nitrogens with zero attached hydrogens (tertiary/aromatic N) is 2. The minimum atomic E-state index is -0.679. The summed E-state index contributed by atoms with van der Waals surface area (Å²) in [4.78, 5) is 4.53. The molecule has 0 aliphatic carbocycles. The van der Waals surface area contributed by atoms with E-state index >= 15 is 0 Å². The van der Waals surface area contributed by atoms with E-state index in [-0.39, 0.29) is 5.82 Å². The first-order valence-corrected chi connectivity index (χ1v) is 6.61. The monoisotopic (exact) mass is 270 g/mol. The van der Waals surface area contributed by atoms with E-state index in [2.05, 4.69) is 4.98 Å². The van der Waals surface area contributed by atoms with Crippen molar-refractivity contribution in [2.45, 2.75) is 19.4 Å². The van der Waals surface area contributed by atoms with E-state index in [0.29, 0.717) is 23.5 Å². The Bertz CT molecular complexity index is 737. The molecular weight excluding hydrogens is 255 g/mol. The zero-order chi connectivity index (χ0) is 14.1. The number of hydrogen-bond acceptors (Lipinski definition) is 2. The molecule has 1 atom stereocenters. The largest absolute Gasteiger partial charge is 0.387 e. The van der Waals surface area contributed by atoms with Crippen LogP contribution in [0.5, 0.6) is 0 Å². The van der Waals surface area contributed by atoms with E-state index in [1.165, 1.54) is 12.3 Å². The standard InChI is InChI=1S/C16H15FN2O/c1-2-13(20)16-15(11-6-4-3-5-7-11)18-14-9-8-12(17)10-19(14)16/h3-10,13,20H,2H2,1H3. The maximum absolute atomic E-state index is 13.5. The highest BCUT2D eigenvalue weighted by atomic mass is 19.1. The molecule has 4 heteroatoms. The third-order valence-electron chi connectivity index (χ3n) is 3.37. The quantitative estimate of drug-likeness (QED) is 0.789. The second-order valence-electron chi connectivity index (χ2n) is 4.71. The van der Waals surface area contributed by atoms with Gasteiger partial charge in [0.05, 0.1) is 17.5 Å². The molecule has 0 bridgehead atoms. The van der Waals surface area contributed by atoms with Crippen LogP contribution in [-0.4, -0.2) is 14.5 Å². The van der Waals surface area contributed by atoms with Gasteiger partial charge in [-0.2, -0.15) is 0 Å². The summed E-state index contributed by atoms with van der Waals surface area (Å²) in [5.41, 5.74) is 2.88. The molecule has 3 rings (SSSR count). The fourth-order valence-electron chi connectivity index (χ4n) is 2.36. The van der Waals surface area contributed by atoms with Crippen molar-refractivity contribution in [3.05, 3.63) is 60.2 Å². The second-order valence-corrected chi connectivity index (χ2v) is 4.71. The molecule has 0 radical (unpaired) electrons. The number of aliphatic hydroxyl groups excluding tert-OH is 1. The lowest BCUT2D eigenvalue weighted by molar-refractivity contribution is 0.168. The van der Waals surface area contributed by atoms with Gasteiger partial charge in [-0.05, 0) is 18.6 Å². The number of halogens is 1. The zero-order valence-corrected chi connectivity index (χ0v) is 11.1. The summed E-state index contributed by atoms with van der Waals surface area (Å²) in [6, 6.07) is 12.6. The number of benzene rings is 1. The maximum Gasteiger partial charge on any atom is 0.139 e. The summed E-state index contributed by atoms with van der Waals surface area (Å²) in [5, 5.41) is 10.3. The topological polar surface area (TPSA) is 37.5 Å². The third kappa shape index (κ3) is 2.08. The molecule has 20 heavy (non-hydrogen) atoms. The van der Waals surface area contributed by atoms with Crippen LogP contribution in [0.2, 0.25) is 0 Å². The molecule has 3 aromatic rings. The van der Waals surface area contributed by atoms with Gasteiger partial charge < -0.3 is 5.11 Å². The first-order chi connectivity index (χ1) is 9.70. The zero-order valence-electron chi connectivity index (χ0n) is 11.1. The highest BCUT2D eigenvalue weighted by molar-refractivity contribution is 5.67. The number of rotatable bonds is 3. The van der Waals surface area contributed by atoms with Crippen molar-refractivity contribution in [1.82, 2.24) is 9.38 Å². The Kier molecular flexibility index (Phi) is 3.24. The van der Waals surface area contributed by atoms with Crippen LogP contribution >= 0.6 is 0 Å². The highest BCUT2D eigenvalue weighted by Crippen LogP contribution is 2.30. The van der Waals surface area contributed by atoms with Crippen LogP contribution in [-0.2, 0) is 0 Å². The lowest BCUT2D eigenvalue weighted by Crippen LogP contribution is -2.02. The van der Waals surface area contributed by atoms with Gasteiger partial charge in [-0.15, -0.1) is 0 Å². The molecule has 0 fully saturated rings. The lowest BCUT2D eigenvalue weighted by Gasteiger charge is -2.10. The molecule has 3 nitrogen and oxygen atoms in total. The van der Waals surface area contributed by atoms with E-state index in [0.717, 1.165) is 5.56 Å². The van der Waals surface area contributed by atoms with Crippen LogP contribution in [0.15, 0.2) is 48.7 Å². The second kappa shape index (κ2) is 5.06. The van der Waals surface area contributed by atoms with Gasteiger partial charge in [0.2, 0.25) is 0 Å². The summed E-state index contributed by atoms with van der Waals surface area (Å²) >= 11 is 0. The average Bonchev–Trinajstić information content (AvgIpc) is 2.86. The van der Waals surface area contributed by atoms with E-state index in [9.17, 15) is 9.50 Å². The smallest absolute Gasteiger partial charge is 0.139 e. The van der Waals surface area contributed by atoms with Crippen molar-refractivity contribution in [2.75, 3.05) is 0 Å². The average molecular weight is 270 g/mol. The van der Waals surface area contributed by atoms with Crippen molar-refractivity contribution in [1.29, 1.82) is 0 Å². The van der Waals surface area contributed by atoms with Crippen LogP contribution in [0.25, 0.3) is 16.9 Å². The van der Waals surface area contributed by atoms with Crippen LogP contribution < -0.4 is 0 Å². The molecule has 1 aromatic carbocycles. The molecular formula is C16H15FN2O. The predicted molar refractivity (Wildman–Crippen MR) is 75.8 cm³/mol. The van der Waals surface area contributed by atoms with Gasteiger partial charge in [-0.3, -0.25) is 4.40 Å². The maximum atomic E-state index is 13.5. The number of hydrogen-bond donors (Lipinski definition) is 1. The van der Waals surface area contributed by atoms with Gasteiger partial charge in [0, 0.05) is 11.8 Å². The summed E-state index contributed by atoms with van der Waals surface area (Å²) in [5.74, 6) is -0.348. The Hall–Kier alpha value is -2.20. The number of fused-ring (bicyclic) bond motifs is 1. The summed E-state index contributed by atoms with van der Waals surface area (Å²) in [7, 11) is 0. The van der Waals surface area contributed by atoms with Crippen molar-refractivity contribution < 1.29 is 9.50 Å². The van der Waals surface area contributed by atoms with Gasteiger partial charge in [0.15, 0.2) is 0 Å². The minimum Gasteiger partial charge on any atom is -0.387 e. The number of aromatic nitrogens is 2. The molecule has 0 spiro atoms. The minimum absolute atomic E-state index is 0.348. The first kappa shape index (κ1) is 12.8. The van der Waals surface area contributed by atoms with Crippen molar-refractivity contribution in [3.63, 3.8) is 0 Å². The molecule has 1 N–H and O–H groups in total. The van der Waals surface area contributed by atoms with Crippen molar-refractivity contribution in [3.8, 4) is 11.3 Å². The molecule has 0 saturated heterocycles. The molecule has 2 heterocycles. The summed E-state index contributed by atoms with van der Waals surface area (Å²) in [6.07, 6.45) is 1.23.